The van der Waals surface area contributed by atoms with Crippen molar-refractivity contribution in [2.45, 2.75) is 25.3 Å². The maximum Gasteiger partial charge on any atom is 0.294 e. The summed E-state index contributed by atoms with van der Waals surface area (Å²) in [5.41, 5.74) is 2.52. The lowest BCUT2D eigenvalue weighted by atomic mass is 9.88. The summed E-state index contributed by atoms with van der Waals surface area (Å²) in [5, 5.41) is 2.64. The number of carbonyl (C=O) groups excluding carboxylic acids is 1. The first kappa shape index (κ1) is 14.4. The van der Waals surface area contributed by atoms with Gasteiger partial charge in [0, 0.05) is 0 Å². The zero-order valence-corrected chi connectivity index (χ0v) is 12.4. The number of fused-ring (bicyclic) bond motifs is 1. The van der Waals surface area contributed by atoms with Gasteiger partial charge in [-0.15, -0.1) is 0 Å². The SMILES string of the molecule is COC(=NC1CCCc2ccccc21)NC(=O)c1ccco1. The van der Waals surface area contributed by atoms with Gasteiger partial charge >= 0.3 is 0 Å². The van der Waals surface area contributed by atoms with Crippen molar-refractivity contribution in [3.8, 4) is 0 Å². The number of hydrogen-bond donors (Lipinski definition) is 1. The third-order valence-corrected chi connectivity index (χ3v) is 3.77. The highest BCUT2D eigenvalue weighted by Gasteiger charge is 2.21. The summed E-state index contributed by atoms with van der Waals surface area (Å²) in [6, 6.07) is 11.8. The fourth-order valence-electron chi connectivity index (χ4n) is 2.71. The highest BCUT2D eigenvalue weighted by atomic mass is 16.5. The fourth-order valence-corrected chi connectivity index (χ4v) is 2.71. The number of ether oxygens (including phenoxy) is 1. The first-order valence-electron chi connectivity index (χ1n) is 7.32. The predicted octanol–water partition coefficient (Wildman–Crippen LogP) is 3.09. The molecular formula is C17H18N2O3. The van der Waals surface area contributed by atoms with Crippen LogP contribution in [0, 0.1) is 0 Å². The number of amidine groups is 1. The minimum atomic E-state index is -0.366. The Labute approximate surface area is 129 Å². The molecule has 114 valence electrons. The number of rotatable bonds is 2. The Hall–Kier alpha value is -2.56. The quantitative estimate of drug-likeness (QED) is 0.684. The van der Waals surface area contributed by atoms with E-state index in [2.05, 4.69) is 22.4 Å². The number of methoxy groups -OCH3 is 1. The molecule has 2 aromatic rings. The largest absolute Gasteiger partial charge is 0.468 e. The van der Waals surface area contributed by atoms with E-state index in [1.54, 1.807) is 12.1 Å². The van der Waals surface area contributed by atoms with Gasteiger partial charge in [0.2, 0.25) is 0 Å². The van der Waals surface area contributed by atoms with Crippen LogP contribution in [0.25, 0.3) is 0 Å². The second-order valence-electron chi connectivity index (χ2n) is 5.18. The molecule has 0 saturated heterocycles. The van der Waals surface area contributed by atoms with Crippen molar-refractivity contribution < 1.29 is 13.9 Å². The van der Waals surface area contributed by atoms with E-state index in [0.717, 1.165) is 19.3 Å². The van der Waals surface area contributed by atoms with Crippen LogP contribution in [0.4, 0.5) is 0 Å². The zero-order chi connectivity index (χ0) is 15.4. The Bertz CT molecular complexity index is 677. The lowest BCUT2D eigenvalue weighted by Crippen LogP contribution is -2.32. The molecule has 3 rings (SSSR count). The molecule has 0 bridgehead atoms. The van der Waals surface area contributed by atoms with Gasteiger partial charge in [0.05, 0.1) is 19.4 Å². The molecule has 0 spiro atoms. The molecule has 0 fully saturated rings. The molecular weight excluding hydrogens is 280 g/mol. The first-order chi connectivity index (χ1) is 10.8. The van der Waals surface area contributed by atoms with Crippen molar-refractivity contribution in [2.75, 3.05) is 7.11 Å². The molecule has 5 heteroatoms. The molecule has 1 N–H and O–H groups in total. The van der Waals surface area contributed by atoms with Crippen LogP contribution in [0.5, 0.6) is 0 Å². The van der Waals surface area contributed by atoms with Crippen LogP contribution in [-0.2, 0) is 11.2 Å². The summed E-state index contributed by atoms with van der Waals surface area (Å²) in [6.07, 6.45) is 4.55. The van der Waals surface area contributed by atoms with E-state index >= 15 is 0 Å². The van der Waals surface area contributed by atoms with Crippen LogP contribution >= 0.6 is 0 Å². The van der Waals surface area contributed by atoms with Crippen LogP contribution in [0.2, 0.25) is 0 Å². The highest BCUT2D eigenvalue weighted by molar-refractivity contribution is 6.02. The van der Waals surface area contributed by atoms with E-state index in [1.165, 1.54) is 24.5 Å². The van der Waals surface area contributed by atoms with Gasteiger partial charge in [-0.2, -0.15) is 0 Å². The van der Waals surface area contributed by atoms with Gasteiger partial charge in [-0.3, -0.25) is 10.1 Å². The van der Waals surface area contributed by atoms with E-state index in [-0.39, 0.29) is 23.7 Å². The second-order valence-corrected chi connectivity index (χ2v) is 5.18. The molecule has 0 radical (unpaired) electrons. The third kappa shape index (κ3) is 3.03. The Kier molecular flexibility index (Phi) is 4.23. The van der Waals surface area contributed by atoms with Crippen molar-refractivity contribution in [1.82, 2.24) is 5.32 Å². The minimum Gasteiger partial charge on any atom is -0.468 e. The Balaban J connectivity index is 1.79. The van der Waals surface area contributed by atoms with E-state index in [0.29, 0.717) is 0 Å². The highest BCUT2D eigenvalue weighted by Crippen LogP contribution is 2.32. The molecule has 5 nitrogen and oxygen atoms in total. The average Bonchev–Trinajstić information content (AvgIpc) is 3.09. The number of aliphatic imine (C=N–C) groups is 1. The van der Waals surface area contributed by atoms with Gasteiger partial charge < -0.3 is 9.15 Å². The predicted molar refractivity (Wildman–Crippen MR) is 82.7 cm³/mol. The smallest absolute Gasteiger partial charge is 0.294 e. The maximum atomic E-state index is 12.0. The topological polar surface area (TPSA) is 63.8 Å². The molecule has 1 aromatic carbocycles. The number of nitrogens with zero attached hydrogens (tertiary/aromatic N) is 1. The Morgan fingerprint density at radius 1 is 1.32 bits per heavy atom. The van der Waals surface area contributed by atoms with E-state index in [1.807, 2.05) is 12.1 Å². The summed E-state index contributed by atoms with van der Waals surface area (Å²) in [6.45, 7) is 0. The molecule has 1 amide bonds. The number of hydrogen-bond acceptors (Lipinski definition) is 4. The normalized spacial score (nSPS) is 17.7. The molecule has 1 unspecified atom stereocenters. The molecule has 22 heavy (non-hydrogen) atoms. The van der Waals surface area contributed by atoms with Crippen LogP contribution in [0.1, 0.15) is 40.6 Å². The minimum absolute atomic E-state index is 0.0109. The summed E-state index contributed by atoms with van der Waals surface area (Å²) < 4.78 is 10.3. The van der Waals surface area contributed by atoms with Crippen LogP contribution in [0.15, 0.2) is 52.1 Å². The number of nitrogens with one attached hydrogen (secondary N) is 1. The zero-order valence-electron chi connectivity index (χ0n) is 12.4. The first-order valence-corrected chi connectivity index (χ1v) is 7.32. The molecule has 1 heterocycles. The maximum absolute atomic E-state index is 12.0. The van der Waals surface area contributed by atoms with Gasteiger partial charge in [0.15, 0.2) is 5.76 Å². The second kappa shape index (κ2) is 6.47. The standard InChI is InChI=1S/C17H18N2O3/c1-21-17(19-16(20)15-10-5-11-22-15)18-14-9-4-7-12-6-2-3-8-13(12)14/h2-3,5-6,8,10-11,14H,4,7,9H2,1H3,(H,18,19,20). The van der Waals surface area contributed by atoms with E-state index < -0.39 is 0 Å². The summed E-state index contributed by atoms with van der Waals surface area (Å²) in [7, 11) is 1.50. The van der Waals surface area contributed by atoms with Gasteiger partial charge in [-0.25, -0.2) is 4.99 Å². The fraction of sp³-hybridized carbons (Fsp3) is 0.294. The van der Waals surface area contributed by atoms with Crippen molar-refractivity contribution in [3.05, 3.63) is 59.5 Å². The van der Waals surface area contributed by atoms with Gasteiger partial charge in [-0.05, 0) is 42.5 Å². The molecule has 1 atom stereocenters. The number of furan rings is 1. The van der Waals surface area contributed by atoms with Crippen molar-refractivity contribution in [1.29, 1.82) is 0 Å². The Morgan fingerprint density at radius 2 is 2.18 bits per heavy atom. The average molecular weight is 298 g/mol. The van der Waals surface area contributed by atoms with Crippen molar-refractivity contribution in [3.63, 3.8) is 0 Å². The van der Waals surface area contributed by atoms with Gasteiger partial charge in [0.1, 0.15) is 0 Å². The lowest BCUT2D eigenvalue weighted by molar-refractivity contribution is 0.0941. The summed E-state index contributed by atoms with van der Waals surface area (Å²) in [4.78, 5) is 16.6. The molecule has 1 aromatic heterocycles. The van der Waals surface area contributed by atoms with Crippen LogP contribution in [-0.4, -0.2) is 19.0 Å². The van der Waals surface area contributed by atoms with Gasteiger partial charge in [-0.1, -0.05) is 24.3 Å². The number of amides is 1. The summed E-state index contributed by atoms with van der Waals surface area (Å²) >= 11 is 0. The van der Waals surface area contributed by atoms with Crippen LogP contribution in [0.3, 0.4) is 0 Å². The molecule has 1 aliphatic rings. The molecule has 1 aliphatic carbocycles. The molecule has 0 saturated carbocycles. The van der Waals surface area contributed by atoms with E-state index in [4.69, 9.17) is 9.15 Å². The Morgan fingerprint density at radius 3 is 2.95 bits per heavy atom. The molecule has 0 aliphatic heterocycles. The van der Waals surface area contributed by atoms with Crippen molar-refractivity contribution >= 4 is 11.9 Å². The monoisotopic (exact) mass is 298 g/mol. The summed E-state index contributed by atoms with van der Waals surface area (Å²) in [5.74, 6) is -0.136. The number of benzene rings is 1. The lowest BCUT2D eigenvalue weighted by Gasteiger charge is -2.22. The van der Waals surface area contributed by atoms with Crippen molar-refractivity contribution in [2.24, 2.45) is 4.99 Å². The number of aryl methyl sites for hydroxylation is 1. The third-order valence-electron chi connectivity index (χ3n) is 3.77. The number of carbonyl (C=O) groups is 1. The van der Waals surface area contributed by atoms with Gasteiger partial charge in [0.25, 0.3) is 11.9 Å². The van der Waals surface area contributed by atoms with E-state index in [9.17, 15) is 4.79 Å². The van der Waals surface area contributed by atoms with Crippen LogP contribution < -0.4 is 5.32 Å².